The van der Waals surface area contributed by atoms with Gasteiger partial charge >= 0.3 is 0 Å². The fourth-order valence-corrected chi connectivity index (χ4v) is 1.80. The standard InChI is InChI=1S/C14H19N3O/c1-2-17(10-6-9-15)14(18)13(16)11-12-7-4-3-5-8-12/h3-5,7-8,13H,2,6,10-11,16H2,1H3/t13-/m1/s1. The monoisotopic (exact) mass is 245 g/mol. The van der Waals surface area contributed by atoms with Crippen LogP contribution in [0.5, 0.6) is 0 Å². The molecule has 0 aromatic heterocycles. The van der Waals surface area contributed by atoms with E-state index in [1.54, 1.807) is 4.90 Å². The lowest BCUT2D eigenvalue weighted by Gasteiger charge is -2.23. The molecule has 0 aliphatic heterocycles. The first-order chi connectivity index (χ1) is 8.69. The molecule has 0 aliphatic rings. The van der Waals surface area contributed by atoms with Gasteiger partial charge in [-0.05, 0) is 18.9 Å². The second kappa shape index (κ2) is 7.46. The van der Waals surface area contributed by atoms with E-state index in [0.717, 1.165) is 5.56 Å². The summed E-state index contributed by atoms with van der Waals surface area (Å²) in [6.45, 7) is 2.93. The number of nitriles is 1. The van der Waals surface area contributed by atoms with Crippen LogP contribution in [0.25, 0.3) is 0 Å². The average molecular weight is 245 g/mol. The summed E-state index contributed by atoms with van der Waals surface area (Å²) in [5, 5.41) is 8.55. The van der Waals surface area contributed by atoms with Crippen molar-refractivity contribution >= 4 is 5.91 Å². The minimum Gasteiger partial charge on any atom is -0.341 e. The molecule has 0 bridgehead atoms. The van der Waals surface area contributed by atoms with Crippen molar-refractivity contribution in [1.29, 1.82) is 5.26 Å². The molecule has 0 heterocycles. The maximum atomic E-state index is 12.1. The van der Waals surface area contributed by atoms with Crippen LogP contribution < -0.4 is 5.73 Å². The molecule has 2 N–H and O–H groups in total. The topological polar surface area (TPSA) is 70.1 Å². The molecule has 0 unspecified atom stereocenters. The van der Waals surface area contributed by atoms with E-state index in [0.29, 0.717) is 25.9 Å². The van der Waals surface area contributed by atoms with Crippen molar-refractivity contribution in [1.82, 2.24) is 4.90 Å². The van der Waals surface area contributed by atoms with E-state index in [-0.39, 0.29) is 5.91 Å². The van der Waals surface area contributed by atoms with Gasteiger partial charge in [0.25, 0.3) is 0 Å². The maximum absolute atomic E-state index is 12.1. The minimum absolute atomic E-state index is 0.0865. The molecular weight excluding hydrogens is 226 g/mol. The molecule has 1 aromatic rings. The molecule has 0 fully saturated rings. The molecule has 0 spiro atoms. The molecule has 1 atom stereocenters. The Morgan fingerprint density at radius 2 is 2.11 bits per heavy atom. The number of benzene rings is 1. The van der Waals surface area contributed by atoms with Gasteiger partial charge in [-0.15, -0.1) is 0 Å². The Hall–Kier alpha value is -1.86. The van der Waals surface area contributed by atoms with Gasteiger partial charge in [0.05, 0.1) is 18.5 Å². The molecule has 4 nitrogen and oxygen atoms in total. The fraction of sp³-hybridized carbons (Fsp3) is 0.429. The molecule has 4 heteroatoms. The number of hydrogen-bond donors (Lipinski definition) is 1. The molecular formula is C14H19N3O. The van der Waals surface area contributed by atoms with Gasteiger partial charge in [0.15, 0.2) is 0 Å². The molecule has 0 radical (unpaired) electrons. The van der Waals surface area contributed by atoms with Crippen LogP contribution in [0.15, 0.2) is 30.3 Å². The van der Waals surface area contributed by atoms with Gasteiger partial charge in [0.2, 0.25) is 5.91 Å². The molecule has 0 aliphatic carbocycles. The van der Waals surface area contributed by atoms with Crippen molar-refractivity contribution in [2.75, 3.05) is 13.1 Å². The Bertz CT molecular complexity index is 411. The first-order valence-corrected chi connectivity index (χ1v) is 6.14. The third-order valence-electron chi connectivity index (χ3n) is 2.80. The zero-order valence-corrected chi connectivity index (χ0v) is 10.7. The second-order valence-electron chi connectivity index (χ2n) is 4.12. The highest BCUT2D eigenvalue weighted by Crippen LogP contribution is 2.04. The average Bonchev–Trinajstić information content (AvgIpc) is 2.40. The van der Waals surface area contributed by atoms with E-state index in [1.807, 2.05) is 43.3 Å². The van der Waals surface area contributed by atoms with Crippen molar-refractivity contribution < 1.29 is 4.79 Å². The molecule has 1 amide bonds. The van der Waals surface area contributed by atoms with Crippen molar-refractivity contribution in [3.63, 3.8) is 0 Å². The summed E-state index contributed by atoms with van der Waals surface area (Å²) in [5.41, 5.74) is 6.97. The third-order valence-corrected chi connectivity index (χ3v) is 2.80. The quantitative estimate of drug-likeness (QED) is 0.821. The van der Waals surface area contributed by atoms with Crippen molar-refractivity contribution in [2.45, 2.75) is 25.8 Å². The van der Waals surface area contributed by atoms with E-state index in [9.17, 15) is 4.79 Å². The number of hydrogen-bond acceptors (Lipinski definition) is 3. The SMILES string of the molecule is CCN(CCC#N)C(=O)[C@H](N)Cc1ccccc1. The van der Waals surface area contributed by atoms with Crippen molar-refractivity contribution in [3.8, 4) is 6.07 Å². The largest absolute Gasteiger partial charge is 0.341 e. The molecule has 96 valence electrons. The van der Waals surface area contributed by atoms with Crippen LogP contribution in [0.4, 0.5) is 0 Å². The zero-order valence-electron chi connectivity index (χ0n) is 10.7. The van der Waals surface area contributed by atoms with Crippen LogP contribution in [-0.2, 0) is 11.2 Å². The summed E-state index contributed by atoms with van der Waals surface area (Å²) < 4.78 is 0. The smallest absolute Gasteiger partial charge is 0.239 e. The highest BCUT2D eigenvalue weighted by atomic mass is 16.2. The lowest BCUT2D eigenvalue weighted by molar-refractivity contribution is -0.132. The summed E-state index contributed by atoms with van der Waals surface area (Å²) in [6.07, 6.45) is 0.875. The number of nitrogens with two attached hydrogens (primary N) is 1. The number of amides is 1. The number of carbonyl (C=O) groups is 1. The normalized spacial score (nSPS) is 11.6. The van der Waals surface area contributed by atoms with E-state index in [1.165, 1.54) is 0 Å². The van der Waals surface area contributed by atoms with Crippen LogP contribution in [0.2, 0.25) is 0 Å². The van der Waals surface area contributed by atoms with Gasteiger partial charge in [0, 0.05) is 13.1 Å². The van der Waals surface area contributed by atoms with E-state index in [2.05, 4.69) is 0 Å². The minimum atomic E-state index is -0.536. The van der Waals surface area contributed by atoms with E-state index in [4.69, 9.17) is 11.0 Å². The maximum Gasteiger partial charge on any atom is 0.239 e. The van der Waals surface area contributed by atoms with Crippen LogP contribution in [-0.4, -0.2) is 29.9 Å². The summed E-state index contributed by atoms with van der Waals surface area (Å²) in [5.74, 6) is -0.0865. The summed E-state index contributed by atoms with van der Waals surface area (Å²) in [4.78, 5) is 13.7. The van der Waals surface area contributed by atoms with Gasteiger partial charge in [-0.1, -0.05) is 30.3 Å². The molecule has 1 rings (SSSR count). The van der Waals surface area contributed by atoms with Gasteiger partial charge < -0.3 is 10.6 Å². The molecule has 0 saturated carbocycles. The number of likely N-dealkylation sites (N-methyl/N-ethyl adjacent to an activating group) is 1. The van der Waals surface area contributed by atoms with E-state index >= 15 is 0 Å². The Morgan fingerprint density at radius 3 is 2.67 bits per heavy atom. The number of nitrogens with zero attached hydrogens (tertiary/aromatic N) is 2. The first-order valence-electron chi connectivity index (χ1n) is 6.14. The van der Waals surface area contributed by atoms with E-state index < -0.39 is 6.04 Å². The van der Waals surface area contributed by atoms with Gasteiger partial charge in [-0.2, -0.15) is 5.26 Å². The summed E-state index contributed by atoms with van der Waals surface area (Å²) in [7, 11) is 0. The Morgan fingerprint density at radius 1 is 1.44 bits per heavy atom. The van der Waals surface area contributed by atoms with Gasteiger partial charge in [-0.3, -0.25) is 4.79 Å². The fourth-order valence-electron chi connectivity index (χ4n) is 1.80. The third kappa shape index (κ3) is 4.19. The highest BCUT2D eigenvalue weighted by Gasteiger charge is 2.19. The Labute approximate surface area is 108 Å². The summed E-state index contributed by atoms with van der Waals surface area (Å²) in [6, 6.07) is 11.2. The zero-order chi connectivity index (χ0) is 13.4. The van der Waals surface area contributed by atoms with Crippen molar-refractivity contribution in [2.24, 2.45) is 5.73 Å². The molecule has 1 aromatic carbocycles. The van der Waals surface area contributed by atoms with Gasteiger partial charge in [-0.25, -0.2) is 0 Å². The number of rotatable bonds is 6. The Balaban J connectivity index is 2.57. The van der Waals surface area contributed by atoms with Crippen molar-refractivity contribution in [3.05, 3.63) is 35.9 Å². The Kier molecular flexibility index (Phi) is 5.89. The lowest BCUT2D eigenvalue weighted by atomic mass is 10.1. The lowest BCUT2D eigenvalue weighted by Crippen LogP contribution is -2.45. The number of carbonyl (C=O) groups excluding carboxylic acids is 1. The highest BCUT2D eigenvalue weighted by molar-refractivity contribution is 5.82. The molecule has 18 heavy (non-hydrogen) atoms. The van der Waals surface area contributed by atoms with Crippen LogP contribution in [0, 0.1) is 11.3 Å². The van der Waals surface area contributed by atoms with Gasteiger partial charge in [0.1, 0.15) is 0 Å². The predicted octanol–water partition coefficient (Wildman–Crippen LogP) is 1.32. The van der Waals surface area contributed by atoms with Crippen LogP contribution >= 0.6 is 0 Å². The molecule has 0 saturated heterocycles. The predicted molar refractivity (Wildman–Crippen MR) is 70.6 cm³/mol. The van der Waals surface area contributed by atoms with Crippen LogP contribution in [0.3, 0.4) is 0 Å². The second-order valence-corrected chi connectivity index (χ2v) is 4.12. The first kappa shape index (κ1) is 14.2. The van der Waals surface area contributed by atoms with Crippen LogP contribution in [0.1, 0.15) is 18.9 Å². The summed E-state index contributed by atoms with van der Waals surface area (Å²) >= 11 is 0.